The first-order valence-corrected chi connectivity index (χ1v) is 3.66. The van der Waals surface area contributed by atoms with E-state index in [1.807, 2.05) is 0 Å². The molecule has 8 nitrogen and oxygen atoms in total. The van der Waals surface area contributed by atoms with Crippen molar-refractivity contribution in [2.45, 2.75) is 0 Å². The third kappa shape index (κ3) is 1.22. The van der Waals surface area contributed by atoms with Crippen molar-refractivity contribution >= 4 is 0 Å². The van der Waals surface area contributed by atoms with E-state index < -0.39 is 0 Å². The number of aromatic nitrogens is 6. The maximum Gasteiger partial charge on any atom is 0.229 e. The molecule has 0 saturated carbocycles. The van der Waals surface area contributed by atoms with Crippen LogP contribution in [0.1, 0.15) is 0 Å². The molecule has 0 radical (unpaired) electrons. The van der Waals surface area contributed by atoms with E-state index in [2.05, 4.69) is 25.4 Å². The molecule has 0 aromatic carbocycles. The Morgan fingerprint density at radius 3 is 2.36 bits per heavy atom. The van der Waals surface area contributed by atoms with Gasteiger partial charge in [0.2, 0.25) is 17.6 Å². The number of aromatic hydroxyl groups is 2. The molecule has 0 aliphatic carbocycles. The quantitative estimate of drug-likeness (QED) is 0.603. The van der Waals surface area contributed by atoms with Crippen LogP contribution >= 0.6 is 0 Å². The lowest BCUT2D eigenvalue weighted by molar-refractivity contribution is 0.424. The first-order valence-electron chi connectivity index (χ1n) is 3.66. The molecule has 0 aliphatic heterocycles. The molecule has 2 N–H and O–H groups in total. The molecule has 0 atom stereocenters. The van der Waals surface area contributed by atoms with Gasteiger partial charge in [0.15, 0.2) is 0 Å². The number of aryl methyl sites for hydroxylation is 1. The van der Waals surface area contributed by atoms with Crippen molar-refractivity contribution in [3.63, 3.8) is 0 Å². The van der Waals surface area contributed by atoms with E-state index in [1.54, 1.807) is 7.05 Å². The third-order valence-electron chi connectivity index (χ3n) is 1.54. The Labute approximate surface area is 77.9 Å². The number of hydrogen-bond acceptors (Lipinski definition) is 7. The smallest absolute Gasteiger partial charge is 0.229 e. The highest BCUT2D eigenvalue weighted by molar-refractivity contribution is 5.65. The summed E-state index contributed by atoms with van der Waals surface area (Å²) in [4.78, 5) is 8.18. The molecule has 0 unspecified atom stereocenters. The van der Waals surface area contributed by atoms with Gasteiger partial charge in [-0.05, 0) is 5.21 Å². The molecular weight excluding hydrogens is 188 g/mol. The lowest BCUT2D eigenvalue weighted by Crippen LogP contribution is -1.92. The minimum atomic E-state index is -0.384. The summed E-state index contributed by atoms with van der Waals surface area (Å²) in [7, 11) is 1.56. The summed E-state index contributed by atoms with van der Waals surface area (Å²) in [5.41, 5.74) is -0.0272. The zero-order valence-electron chi connectivity index (χ0n) is 7.16. The molecule has 72 valence electrons. The fraction of sp³-hybridized carbons (Fsp3) is 0.167. The normalized spacial score (nSPS) is 10.4. The highest BCUT2D eigenvalue weighted by Crippen LogP contribution is 2.29. The van der Waals surface area contributed by atoms with E-state index in [0.29, 0.717) is 0 Å². The lowest BCUT2D eigenvalue weighted by atomic mass is 10.3. The van der Waals surface area contributed by atoms with Gasteiger partial charge in [-0.15, -0.1) is 10.2 Å². The van der Waals surface area contributed by atoms with E-state index in [4.69, 9.17) is 0 Å². The molecule has 0 spiro atoms. The Hall–Kier alpha value is -2.25. The first kappa shape index (κ1) is 8.35. The molecule has 2 rings (SSSR count). The SMILES string of the molecule is Cn1nnc(-c2c(O)ncnc2O)n1. The second kappa shape index (κ2) is 2.91. The minimum absolute atomic E-state index is 0.0272. The summed E-state index contributed by atoms with van der Waals surface area (Å²) >= 11 is 0. The molecule has 0 fully saturated rings. The molecule has 14 heavy (non-hydrogen) atoms. The largest absolute Gasteiger partial charge is 0.493 e. The van der Waals surface area contributed by atoms with Crippen LogP contribution in [0.25, 0.3) is 11.4 Å². The predicted octanol–water partition coefficient (Wildman–Crippen LogP) is -0.922. The highest BCUT2D eigenvalue weighted by atomic mass is 16.3. The van der Waals surface area contributed by atoms with Crippen molar-refractivity contribution < 1.29 is 10.2 Å². The zero-order chi connectivity index (χ0) is 10.1. The average molecular weight is 194 g/mol. The van der Waals surface area contributed by atoms with Crippen LogP contribution in [0.2, 0.25) is 0 Å². The topological polar surface area (TPSA) is 110 Å². The molecule has 2 aromatic rings. The van der Waals surface area contributed by atoms with Gasteiger partial charge in [0.25, 0.3) is 0 Å². The Morgan fingerprint density at radius 1 is 1.21 bits per heavy atom. The van der Waals surface area contributed by atoms with E-state index in [9.17, 15) is 10.2 Å². The van der Waals surface area contributed by atoms with Crippen LogP contribution in [0.3, 0.4) is 0 Å². The second-order valence-corrected chi connectivity index (χ2v) is 2.50. The van der Waals surface area contributed by atoms with Crippen LogP contribution in [-0.4, -0.2) is 40.4 Å². The van der Waals surface area contributed by atoms with Gasteiger partial charge in [0.1, 0.15) is 11.9 Å². The zero-order valence-corrected chi connectivity index (χ0v) is 7.16. The van der Waals surface area contributed by atoms with E-state index >= 15 is 0 Å². The van der Waals surface area contributed by atoms with Crippen LogP contribution in [0.15, 0.2) is 6.33 Å². The molecule has 0 bridgehead atoms. The Balaban J connectivity index is 2.61. The van der Waals surface area contributed by atoms with Gasteiger partial charge in [-0.3, -0.25) is 0 Å². The fourth-order valence-electron chi connectivity index (χ4n) is 0.952. The maximum atomic E-state index is 9.33. The monoisotopic (exact) mass is 194 g/mol. The molecule has 2 heterocycles. The van der Waals surface area contributed by atoms with Gasteiger partial charge in [0.05, 0.1) is 7.05 Å². The molecule has 0 saturated heterocycles. The van der Waals surface area contributed by atoms with Crippen LogP contribution in [-0.2, 0) is 7.05 Å². The Morgan fingerprint density at radius 2 is 1.86 bits per heavy atom. The average Bonchev–Trinajstić information content (AvgIpc) is 2.51. The Kier molecular flexibility index (Phi) is 1.73. The van der Waals surface area contributed by atoms with Crippen molar-refractivity contribution in [3.8, 4) is 23.1 Å². The summed E-state index contributed by atoms with van der Waals surface area (Å²) in [5.74, 6) is -0.695. The lowest BCUT2D eigenvalue weighted by Gasteiger charge is -1.98. The minimum Gasteiger partial charge on any atom is -0.493 e. The van der Waals surface area contributed by atoms with Crippen molar-refractivity contribution in [3.05, 3.63) is 6.33 Å². The summed E-state index contributed by atoms with van der Waals surface area (Å²) in [6.45, 7) is 0. The number of hydrogen-bond donors (Lipinski definition) is 2. The molecule has 0 aliphatic rings. The third-order valence-corrected chi connectivity index (χ3v) is 1.54. The van der Waals surface area contributed by atoms with E-state index in [-0.39, 0.29) is 23.1 Å². The van der Waals surface area contributed by atoms with Crippen LogP contribution < -0.4 is 0 Å². The summed E-state index contributed by atoms with van der Waals surface area (Å²) in [5, 5.41) is 29.6. The first-order chi connectivity index (χ1) is 6.68. The highest BCUT2D eigenvalue weighted by Gasteiger charge is 2.16. The van der Waals surface area contributed by atoms with Crippen LogP contribution in [0, 0.1) is 0 Å². The number of tetrazole rings is 1. The van der Waals surface area contributed by atoms with Crippen LogP contribution in [0.4, 0.5) is 0 Å². The maximum absolute atomic E-state index is 9.33. The van der Waals surface area contributed by atoms with Gasteiger partial charge in [-0.2, -0.15) is 4.80 Å². The molecule has 0 amide bonds. The van der Waals surface area contributed by atoms with E-state index in [0.717, 1.165) is 6.33 Å². The Bertz CT molecular complexity index is 447. The van der Waals surface area contributed by atoms with Crippen molar-refractivity contribution in [1.29, 1.82) is 0 Å². The van der Waals surface area contributed by atoms with Crippen molar-refractivity contribution in [2.75, 3.05) is 0 Å². The summed E-state index contributed by atoms with van der Waals surface area (Å²) < 4.78 is 0. The van der Waals surface area contributed by atoms with Gasteiger partial charge in [-0.25, -0.2) is 9.97 Å². The van der Waals surface area contributed by atoms with Gasteiger partial charge in [-0.1, -0.05) is 0 Å². The van der Waals surface area contributed by atoms with Crippen LogP contribution in [0.5, 0.6) is 11.8 Å². The van der Waals surface area contributed by atoms with Gasteiger partial charge >= 0.3 is 0 Å². The predicted molar refractivity (Wildman–Crippen MR) is 43.2 cm³/mol. The van der Waals surface area contributed by atoms with Crippen molar-refractivity contribution in [2.24, 2.45) is 7.05 Å². The standard InChI is InChI=1S/C6H6N6O2/c1-12-10-4(9-11-12)3-5(13)7-2-8-6(3)14/h2H,1H3,(H2,7,8,13,14). The molecule has 2 aromatic heterocycles. The molecular formula is C6H6N6O2. The van der Waals surface area contributed by atoms with E-state index in [1.165, 1.54) is 4.80 Å². The number of rotatable bonds is 1. The fourth-order valence-corrected chi connectivity index (χ4v) is 0.952. The number of nitrogens with zero attached hydrogens (tertiary/aromatic N) is 6. The summed E-state index contributed by atoms with van der Waals surface area (Å²) in [6, 6.07) is 0. The second-order valence-electron chi connectivity index (χ2n) is 2.50. The molecule has 8 heteroatoms. The van der Waals surface area contributed by atoms with Crippen molar-refractivity contribution in [1.82, 2.24) is 30.2 Å². The van der Waals surface area contributed by atoms with Gasteiger partial charge < -0.3 is 10.2 Å². The van der Waals surface area contributed by atoms with Gasteiger partial charge in [0, 0.05) is 0 Å². The summed E-state index contributed by atoms with van der Waals surface area (Å²) in [6.07, 6.45) is 1.03.